The highest BCUT2D eigenvalue weighted by Gasteiger charge is 2.26. The number of nitrogens with zero attached hydrogens (tertiary/aromatic N) is 1. The minimum absolute atomic E-state index is 0.0201. The lowest BCUT2D eigenvalue weighted by Crippen LogP contribution is -2.21. The van der Waals surface area contributed by atoms with E-state index in [0.717, 1.165) is 0 Å². The van der Waals surface area contributed by atoms with Gasteiger partial charge in [0.2, 0.25) is 5.88 Å². The summed E-state index contributed by atoms with van der Waals surface area (Å²) in [4.78, 5) is 24.8. The largest absolute Gasteiger partial charge is 0.482 e. The van der Waals surface area contributed by atoms with Crippen molar-refractivity contribution >= 4 is 52.6 Å². The molecule has 1 amide bonds. The highest BCUT2D eigenvalue weighted by atomic mass is 35.5. The molecule has 156 valence electrons. The lowest BCUT2D eigenvalue weighted by molar-refractivity contribution is -0.118. The maximum atomic E-state index is 12.5. The van der Waals surface area contributed by atoms with Crippen molar-refractivity contribution < 1.29 is 23.6 Å². The number of aromatic nitrogens is 1. The number of hydrogen-bond acceptors (Lipinski definition) is 6. The van der Waals surface area contributed by atoms with Crippen molar-refractivity contribution in [2.45, 2.75) is 6.92 Å². The molecule has 0 aliphatic rings. The van der Waals surface area contributed by atoms with Crippen LogP contribution >= 0.6 is 34.8 Å². The summed E-state index contributed by atoms with van der Waals surface area (Å²) in [5, 5.41) is 7.58. The third-order valence-electron chi connectivity index (χ3n) is 3.79. The molecule has 0 unspecified atom stereocenters. The Hall–Kier alpha value is -2.74. The number of amides is 1. The van der Waals surface area contributed by atoms with Gasteiger partial charge in [0.05, 0.1) is 11.6 Å². The number of hydrogen-bond donors (Lipinski definition) is 1. The molecule has 0 radical (unpaired) electrons. The van der Waals surface area contributed by atoms with Crippen molar-refractivity contribution in [1.29, 1.82) is 0 Å². The van der Waals surface area contributed by atoms with Gasteiger partial charge in [-0.25, -0.2) is 4.79 Å². The van der Waals surface area contributed by atoms with Crippen molar-refractivity contribution in [3.8, 4) is 17.0 Å². The molecular weight excluding hydrogens is 455 g/mol. The first-order chi connectivity index (χ1) is 14.4. The molecule has 1 N–H and O–H groups in total. The van der Waals surface area contributed by atoms with Gasteiger partial charge in [0.15, 0.2) is 12.2 Å². The number of benzene rings is 2. The summed E-state index contributed by atoms with van der Waals surface area (Å²) >= 11 is 17.8. The standard InChI is InChI=1S/C20H15Cl3N2O5/c1-2-28-20(27)17-18(11-3-5-12(21)6-4-11)25-30-19(17)24-16(26)10-29-15-9-13(22)7-8-14(15)23/h3-9H,2,10H2,1H3,(H,24,26). The van der Waals surface area contributed by atoms with Crippen molar-refractivity contribution in [3.63, 3.8) is 0 Å². The Balaban J connectivity index is 1.80. The molecule has 1 aromatic heterocycles. The summed E-state index contributed by atoms with van der Waals surface area (Å²) in [5.74, 6) is -1.22. The van der Waals surface area contributed by atoms with E-state index in [1.54, 1.807) is 43.3 Å². The van der Waals surface area contributed by atoms with E-state index in [1.807, 2.05) is 0 Å². The first kappa shape index (κ1) is 22.0. The highest BCUT2D eigenvalue weighted by Crippen LogP contribution is 2.31. The fraction of sp³-hybridized carbons (Fsp3) is 0.150. The van der Waals surface area contributed by atoms with E-state index in [-0.39, 0.29) is 29.5 Å². The van der Waals surface area contributed by atoms with Crippen LogP contribution < -0.4 is 10.1 Å². The predicted octanol–water partition coefficient (Wildman–Crippen LogP) is 5.50. The number of rotatable bonds is 7. The van der Waals surface area contributed by atoms with Gasteiger partial charge in [-0.15, -0.1) is 0 Å². The van der Waals surface area contributed by atoms with E-state index in [9.17, 15) is 9.59 Å². The zero-order valence-corrected chi connectivity index (χ0v) is 17.8. The van der Waals surface area contributed by atoms with Crippen LogP contribution in [0.4, 0.5) is 5.88 Å². The van der Waals surface area contributed by atoms with Gasteiger partial charge in [0, 0.05) is 21.7 Å². The monoisotopic (exact) mass is 468 g/mol. The third-order valence-corrected chi connectivity index (χ3v) is 4.59. The molecule has 7 nitrogen and oxygen atoms in total. The first-order valence-corrected chi connectivity index (χ1v) is 9.83. The molecule has 1 heterocycles. The molecule has 2 aromatic carbocycles. The Bertz CT molecular complexity index is 1070. The summed E-state index contributed by atoms with van der Waals surface area (Å²) < 4.78 is 15.7. The van der Waals surface area contributed by atoms with Crippen molar-refractivity contribution in [3.05, 3.63) is 63.1 Å². The molecule has 0 fully saturated rings. The van der Waals surface area contributed by atoms with Crippen molar-refractivity contribution in [2.24, 2.45) is 0 Å². The second-order valence-electron chi connectivity index (χ2n) is 5.87. The van der Waals surface area contributed by atoms with Gasteiger partial charge in [-0.2, -0.15) is 0 Å². The third kappa shape index (κ3) is 5.24. The van der Waals surface area contributed by atoms with Crippen molar-refractivity contribution in [1.82, 2.24) is 5.16 Å². The Morgan fingerprint density at radius 2 is 1.77 bits per heavy atom. The molecule has 0 spiro atoms. The zero-order valence-electron chi connectivity index (χ0n) is 15.6. The van der Waals surface area contributed by atoms with Crippen LogP contribution in [0.1, 0.15) is 17.3 Å². The van der Waals surface area contributed by atoms with Gasteiger partial charge in [0.1, 0.15) is 11.4 Å². The lowest BCUT2D eigenvalue weighted by atomic mass is 10.1. The molecule has 0 aliphatic carbocycles. The number of ether oxygens (including phenoxy) is 2. The molecule has 3 rings (SSSR count). The minimum Gasteiger partial charge on any atom is -0.482 e. The lowest BCUT2D eigenvalue weighted by Gasteiger charge is -2.09. The Morgan fingerprint density at radius 3 is 2.47 bits per heavy atom. The molecular formula is C20H15Cl3N2O5. The van der Waals surface area contributed by atoms with Gasteiger partial charge in [-0.3, -0.25) is 10.1 Å². The number of halogens is 3. The van der Waals surface area contributed by atoms with Gasteiger partial charge < -0.3 is 14.0 Å². The summed E-state index contributed by atoms with van der Waals surface area (Å²) in [6, 6.07) is 11.2. The molecule has 0 saturated heterocycles. The summed E-state index contributed by atoms with van der Waals surface area (Å²) in [7, 11) is 0. The SMILES string of the molecule is CCOC(=O)c1c(-c2ccc(Cl)cc2)noc1NC(=O)COc1cc(Cl)ccc1Cl. The fourth-order valence-corrected chi connectivity index (χ4v) is 2.93. The first-order valence-electron chi connectivity index (χ1n) is 8.69. The van der Waals surface area contributed by atoms with Crippen LogP contribution in [0.5, 0.6) is 5.75 Å². The van der Waals surface area contributed by atoms with E-state index in [2.05, 4.69) is 10.5 Å². The summed E-state index contributed by atoms with van der Waals surface area (Å²) in [6.07, 6.45) is 0. The van der Waals surface area contributed by atoms with Crippen LogP contribution in [0.15, 0.2) is 47.0 Å². The normalized spacial score (nSPS) is 10.5. The van der Waals surface area contributed by atoms with Crippen LogP contribution in [0.3, 0.4) is 0 Å². The number of anilines is 1. The van der Waals surface area contributed by atoms with E-state index in [4.69, 9.17) is 48.8 Å². The molecule has 0 atom stereocenters. The van der Waals surface area contributed by atoms with Crippen LogP contribution in [0.25, 0.3) is 11.3 Å². The molecule has 0 aliphatic heterocycles. The van der Waals surface area contributed by atoms with Crippen LogP contribution in [0.2, 0.25) is 15.1 Å². The maximum absolute atomic E-state index is 12.5. The van der Waals surface area contributed by atoms with E-state index < -0.39 is 18.5 Å². The van der Waals surface area contributed by atoms with Crippen LogP contribution in [0, 0.1) is 0 Å². The van der Waals surface area contributed by atoms with Crippen LogP contribution in [-0.4, -0.2) is 30.2 Å². The van der Waals surface area contributed by atoms with E-state index >= 15 is 0 Å². The topological polar surface area (TPSA) is 90.7 Å². The average molecular weight is 470 g/mol. The minimum atomic E-state index is -0.696. The summed E-state index contributed by atoms with van der Waals surface area (Å²) in [6.45, 7) is 1.39. The van der Waals surface area contributed by atoms with Gasteiger partial charge >= 0.3 is 5.97 Å². The van der Waals surface area contributed by atoms with Gasteiger partial charge in [0.25, 0.3) is 5.91 Å². The smallest absolute Gasteiger partial charge is 0.346 e. The Morgan fingerprint density at radius 1 is 1.07 bits per heavy atom. The Labute approximate surface area is 186 Å². The molecule has 30 heavy (non-hydrogen) atoms. The number of carbonyl (C=O) groups is 2. The summed E-state index contributed by atoms with van der Waals surface area (Å²) in [5.41, 5.74) is 0.751. The maximum Gasteiger partial charge on any atom is 0.346 e. The average Bonchev–Trinajstić information content (AvgIpc) is 3.13. The molecule has 0 bridgehead atoms. The fourth-order valence-electron chi connectivity index (χ4n) is 2.47. The number of carbonyl (C=O) groups excluding carboxylic acids is 2. The predicted molar refractivity (Wildman–Crippen MR) is 113 cm³/mol. The van der Waals surface area contributed by atoms with Gasteiger partial charge in [-0.1, -0.05) is 52.1 Å². The number of esters is 1. The molecule has 10 heteroatoms. The van der Waals surface area contributed by atoms with Crippen molar-refractivity contribution in [2.75, 3.05) is 18.5 Å². The van der Waals surface area contributed by atoms with E-state index in [0.29, 0.717) is 20.6 Å². The second kappa shape index (κ2) is 9.84. The molecule has 0 saturated carbocycles. The quantitative estimate of drug-likeness (QED) is 0.460. The zero-order chi connectivity index (χ0) is 21.7. The highest BCUT2D eigenvalue weighted by molar-refractivity contribution is 6.34. The molecule has 3 aromatic rings. The number of nitrogens with one attached hydrogen (secondary N) is 1. The van der Waals surface area contributed by atoms with E-state index in [1.165, 1.54) is 6.07 Å². The Kier molecular flexibility index (Phi) is 7.20. The second-order valence-corrected chi connectivity index (χ2v) is 7.15. The van der Waals surface area contributed by atoms with Gasteiger partial charge in [-0.05, 0) is 31.2 Å². The van der Waals surface area contributed by atoms with Crippen LogP contribution in [-0.2, 0) is 9.53 Å².